The van der Waals surface area contributed by atoms with Crippen molar-refractivity contribution < 1.29 is 28.6 Å². The van der Waals surface area contributed by atoms with Crippen molar-refractivity contribution in [1.29, 1.82) is 0 Å². The molecule has 1 N–H and O–H groups in total. The number of methoxy groups -OCH3 is 2. The number of carbonyl (C=O) groups is 3. The lowest BCUT2D eigenvalue weighted by Gasteiger charge is -2.15. The lowest BCUT2D eigenvalue weighted by atomic mass is 10.1. The van der Waals surface area contributed by atoms with E-state index in [0.29, 0.717) is 6.54 Å². The minimum Gasteiger partial charge on any atom is -0.481 e. The van der Waals surface area contributed by atoms with Gasteiger partial charge in [-0.15, -0.1) is 0 Å². The minimum absolute atomic E-state index is 0.128. The second kappa shape index (κ2) is 8.02. The molecule has 7 nitrogen and oxygen atoms in total. The van der Waals surface area contributed by atoms with Crippen molar-refractivity contribution in [3.05, 3.63) is 29.3 Å². The Hall–Kier alpha value is -2.57. The van der Waals surface area contributed by atoms with Gasteiger partial charge in [0.25, 0.3) is 5.91 Å². The van der Waals surface area contributed by atoms with E-state index in [4.69, 9.17) is 4.74 Å². The van der Waals surface area contributed by atoms with Gasteiger partial charge >= 0.3 is 11.9 Å². The average Bonchev–Trinajstić information content (AvgIpc) is 2.52. The van der Waals surface area contributed by atoms with Gasteiger partial charge in [0.1, 0.15) is 5.75 Å². The van der Waals surface area contributed by atoms with Crippen molar-refractivity contribution in [2.45, 2.75) is 20.0 Å². The fourth-order valence-electron chi connectivity index (χ4n) is 1.71. The Bertz CT molecular complexity index is 535. The molecule has 1 aromatic carbocycles. The molecular formula is C15H19NO6. The number of carbonyl (C=O) groups excluding carboxylic acids is 3. The molecule has 120 valence electrons. The summed E-state index contributed by atoms with van der Waals surface area (Å²) in [5.74, 6) is -1.35. The van der Waals surface area contributed by atoms with E-state index in [1.165, 1.54) is 32.4 Å². The van der Waals surface area contributed by atoms with Crippen molar-refractivity contribution in [3.8, 4) is 5.75 Å². The van der Waals surface area contributed by atoms with E-state index in [2.05, 4.69) is 14.8 Å². The number of likely N-dealkylation sites (N-methyl/N-ethyl adjacent to an activating group) is 1. The Morgan fingerprint density at radius 3 is 1.95 bits per heavy atom. The summed E-state index contributed by atoms with van der Waals surface area (Å²) in [7, 11) is 2.45. The Kier molecular flexibility index (Phi) is 6.37. The fraction of sp³-hybridized carbons (Fsp3) is 0.400. The first kappa shape index (κ1) is 17.5. The molecule has 0 spiro atoms. The average molecular weight is 309 g/mol. The van der Waals surface area contributed by atoms with Crippen LogP contribution >= 0.6 is 0 Å². The van der Waals surface area contributed by atoms with Crippen molar-refractivity contribution in [1.82, 2.24) is 5.32 Å². The lowest BCUT2D eigenvalue weighted by molar-refractivity contribution is -0.127. The molecule has 0 aliphatic heterocycles. The van der Waals surface area contributed by atoms with Crippen LogP contribution in [0.5, 0.6) is 5.75 Å². The zero-order valence-corrected chi connectivity index (χ0v) is 13.0. The predicted octanol–water partition coefficient (Wildman–Crippen LogP) is 1.16. The Balaban J connectivity index is 3.09. The number of hydrogen-bond acceptors (Lipinski definition) is 6. The second-order valence-corrected chi connectivity index (χ2v) is 4.38. The minimum atomic E-state index is -0.779. The van der Waals surface area contributed by atoms with Crippen molar-refractivity contribution in [2.75, 3.05) is 20.8 Å². The topological polar surface area (TPSA) is 90.9 Å². The fourth-order valence-corrected chi connectivity index (χ4v) is 1.71. The van der Waals surface area contributed by atoms with Crippen LogP contribution in [0.3, 0.4) is 0 Å². The summed E-state index contributed by atoms with van der Waals surface area (Å²) in [6.07, 6.45) is -0.779. The number of hydrogen-bond donors (Lipinski definition) is 1. The number of rotatable bonds is 6. The van der Waals surface area contributed by atoms with Crippen LogP contribution in [0.25, 0.3) is 0 Å². The quantitative estimate of drug-likeness (QED) is 0.793. The van der Waals surface area contributed by atoms with Gasteiger partial charge in [-0.1, -0.05) is 0 Å². The molecule has 0 fully saturated rings. The van der Waals surface area contributed by atoms with Crippen LogP contribution in [0, 0.1) is 0 Å². The lowest BCUT2D eigenvalue weighted by Crippen LogP contribution is -2.36. The van der Waals surface area contributed by atoms with Crippen LogP contribution in [0.15, 0.2) is 18.2 Å². The molecule has 1 atom stereocenters. The zero-order chi connectivity index (χ0) is 16.7. The molecular weight excluding hydrogens is 290 g/mol. The van der Waals surface area contributed by atoms with Crippen molar-refractivity contribution in [2.24, 2.45) is 0 Å². The van der Waals surface area contributed by atoms with Gasteiger partial charge < -0.3 is 19.5 Å². The second-order valence-electron chi connectivity index (χ2n) is 4.38. The van der Waals surface area contributed by atoms with E-state index in [1.54, 1.807) is 13.8 Å². The van der Waals surface area contributed by atoms with E-state index in [1.807, 2.05) is 0 Å². The van der Waals surface area contributed by atoms with Crippen LogP contribution in [-0.4, -0.2) is 44.7 Å². The van der Waals surface area contributed by atoms with Gasteiger partial charge in [0.15, 0.2) is 6.10 Å². The molecule has 22 heavy (non-hydrogen) atoms. The smallest absolute Gasteiger partial charge is 0.338 e. The zero-order valence-electron chi connectivity index (χ0n) is 13.0. The van der Waals surface area contributed by atoms with Gasteiger partial charge in [-0.2, -0.15) is 0 Å². The summed E-state index contributed by atoms with van der Waals surface area (Å²) < 4.78 is 14.7. The van der Waals surface area contributed by atoms with Crippen molar-refractivity contribution >= 4 is 17.8 Å². The van der Waals surface area contributed by atoms with Crippen LogP contribution < -0.4 is 10.1 Å². The number of ether oxygens (including phenoxy) is 3. The molecule has 0 aromatic heterocycles. The van der Waals surface area contributed by atoms with Gasteiger partial charge in [-0.25, -0.2) is 9.59 Å². The summed E-state index contributed by atoms with van der Waals surface area (Å²) in [5, 5.41) is 2.62. The highest BCUT2D eigenvalue weighted by Crippen LogP contribution is 2.20. The number of benzene rings is 1. The van der Waals surface area contributed by atoms with E-state index in [-0.39, 0.29) is 22.8 Å². The summed E-state index contributed by atoms with van der Waals surface area (Å²) >= 11 is 0. The van der Waals surface area contributed by atoms with Crippen LogP contribution in [0.2, 0.25) is 0 Å². The van der Waals surface area contributed by atoms with Gasteiger partial charge in [-0.05, 0) is 32.0 Å². The number of esters is 2. The van der Waals surface area contributed by atoms with Crippen LogP contribution in [-0.2, 0) is 14.3 Å². The van der Waals surface area contributed by atoms with Gasteiger partial charge in [-0.3, -0.25) is 4.79 Å². The molecule has 0 aliphatic rings. The highest BCUT2D eigenvalue weighted by molar-refractivity contribution is 5.96. The summed E-state index contributed by atoms with van der Waals surface area (Å²) in [5.41, 5.74) is 0.256. The third-order valence-corrected chi connectivity index (χ3v) is 2.78. The molecule has 7 heteroatoms. The first-order valence-corrected chi connectivity index (χ1v) is 6.69. The molecule has 0 radical (unpaired) electrons. The summed E-state index contributed by atoms with van der Waals surface area (Å²) in [6, 6.07) is 4.13. The monoisotopic (exact) mass is 309 g/mol. The van der Waals surface area contributed by atoms with Crippen LogP contribution in [0.1, 0.15) is 34.6 Å². The molecule has 0 aliphatic carbocycles. The van der Waals surface area contributed by atoms with E-state index < -0.39 is 18.0 Å². The first-order chi connectivity index (χ1) is 10.4. The maximum absolute atomic E-state index is 11.7. The third kappa shape index (κ3) is 4.47. The maximum atomic E-state index is 11.7. The van der Waals surface area contributed by atoms with Crippen molar-refractivity contribution in [3.63, 3.8) is 0 Å². The summed E-state index contributed by atoms with van der Waals surface area (Å²) in [6.45, 7) is 3.83. The summed E-state index contributed by atoms with van der Waals surface area (Å²) in [4.78, 5) is 35.0. The van der Waals surface area contributed by atoms with Crippen LogP contribution in [0.4, 0.5) is 0 Å². The molecule has 1 amide bonds. The molecule has 0 unspecified atom stereocenters. The highest BCUT2D eigenvalue weighted by atomic mass is 16.5. The van der Waals surface area contributed by atoms with E-state index in [9.17, 15) is 14.4 Å². The highest BCUT2D eigenvalue weighted by Gasteiger charge is 2.18. The van der Waals surface area contributed by atoms with Gasteiger partial charge in [0.05, 0.1) is 25.3 Å². The molecule has 0 bridgehead atoms. The molecule has 0 saturated heterocycles. The SMILES string of the molecule is CCNC(=O)[C@@H](C)Oc1cc(C(=O)OC)cc(C(=O)OC)c1. The Morgan fingerprint density at radius 1 is 1.05 bits per heavy atom. The molecule has 0 saturated carbocycles. The van der Waals surface area contributed by atoms with E-state index in [0.717, 1.165) is 0 Å². The standard InChI is InChI=1S/C15H19NO6/c1-5-16-13(17)9(2)22-12-7-10(14(18)20-3)6-11(8-12)15(19)21-4/h6-9H,5H2,1-4H3,(H,16,17)/t9-/m1/s1. The number of nitrogens with one attached hydrogen (secondary N) is 1. The maximum Gasteiger partial charge on any atom is 0.338 e. The van der Waals surface area contributed by atoms with Gasteiger partial charge in [0, 0.05) is 6.54 Å². The number of amides is 1. The normalized spacial score (nSPS) is 11.3. The van der Waals surface area contributed by atoms with E-state index >= 15 is 0 Å². The Labute approximate surface area is 128 Å². The molecule has 1 aromatic rings. The molecule has 1 rings (SSSR count). The first-order valence-electron chi connectivity index (χ1n) is 6.69. The Morgan fingerprint density at radius 2 is 1.55 bits per heavy atom. The third-order valence-electron chi connectivity index (χ3n) is 2.78. The predicted molar refractivity (Wildman–Crippen MR) is 77.9 cm³/mol. The van der Waals surface area contributed by atoms with Gasteiger partial charge in [0.2, 0.25) is 0 Å². The largest absolute Gasteiger partial charge is 0.481 e. The molecule has 0 heterocycles.